The van der Waals surface area contributed by atoms with Gasteiger partial charge in [0.05, 0.1) is 16.5 Å². The van der Waals surface area contributed by atoms with Gasteiger partial charge in [0.15, 0.2) is 0 Å². The van der Waals surface area contributed by atoms with Crippen LogP contribution in [0.15, 0.2) is 273 Å². The van der Waals surface area contributed by atoms with Crippen molar-refractivity contribution in [2.24, 2.45) is 0 Å². The van der Waals surface area contributed by atoms with E-state index >= 15 is 0 Å². The molecule has 0 aliphatic heterocycles. The molecule has 3 aliphatic rings. The summed E-state index contributed by atoms with van der Waals surface area (Å²) in [6, 6.07) is 102. The molecule has 0 unspecified atom stereocenters. The SMILES string of the molecule is c1ccc(-c2ccccc2-c2ccccc2N(c2ccccc2)c2cccc(-c3ccc4c(c3)-c3ccccc3C43c4ccccc4C4(c5ccccc5-c5ccccc54)c4ccccc43)c2)cc1. The summed E-state index contributed by atoms with van der Waals surface area (Å²) in [5.74, 6) is 0. The quantitative estimate of drug-likeness (QED) is 0.161. The predicted molar refractivity (Wildman–Crippen MR) is 286 cm³/mol. The van der Waals surface area contributed by atoms with Gasteiger partial charge in [0.2, 0.25) is 0 Å². The zero-order chi connectivity index (χ0) is 45.5. The molecule has 0 heterocycles. The average molecular weight is 876 g/mol. The third kappa shape index (κ3) is 5.53. The topological polar surface area (TPSA) is 3.24 Å². The lowest BCUT2D eigenvalue weighted by atomic mass is 9.52. The van der Waals surface area contributed by atoms with Crippen molar-refractivity contribution in [2.45, 2.75) is 10.8 Å². The van der Waals surface area contributed by atoms with E-state index < -0.39 is 10.8 Å². The van der Waals surface area contributed by atoms with Crippen LogP contribution in [0.2, 0.25) is 0 Å². The monoisotopic (exact) mass is 875 g/mol. The predicted octanol–water partition coefficient (Wildman–Crippen LogP) is 17.2. The molecule has 11 aromatic carbocycles. The summed E-state index contributed by atoms with van der Waals surface area (Å²) in [4.78, 5) is 2.42. The second-order valence-electron chi connectivity index (χ2n) is 18.6. The molecule has 3 aliphatic carbocycles. The van der Waals surface area contributed by atoms with Crippen LogP contribution in [0.3, 0.4) is 0 Å². The molecular weight excluding hydrogens is 831 g/mol. The molecule has 0 fully saturated rings. The molecule has 0 radical (unpaired) electrons. The van der Waals surface area contributed by atoms with E-state index in [4.69, 9.17) is 0 Å². The number of benzene rings is 11. The average Bonchev–Trinajstić information content (AvgIpc) is 3.89. The van der Waals surface area contributed by atoms with Gasteiger partial charge in [-0.3, -0.25) is 0 Å². The molecule has 0 N–H and O–H groups in total. The Kier molecular flexibility index (Phi) is 8.78. The fourth-order valence-electron chi connectivity index (χ4n) is 12.7. The Balaban J connectivity index is 0.952. The smallest absolute Gasteiger partial charge is 0.0720 e. The van der Waals surface area contributed by atoms with Gasteiger partial charge in [-0.2, -0.15) is 0 Å². The lowest BCUT2D eigenvalue weighted by Gasteiger charge is -2.48. The summed E-state index contributed by atoms with van der Waals surface area (Å²) < 4.78 is 0. The van der Waals surface area contributed by atoms with Crippen LogP contribution in [0.4, 0.5) is 17.1 Å². The molecule has 322 valence electrons. The van der Waals surface area contributed by atoms with Crippen molar-refractivity contribution in [2.75, 3.05) is 4.90 Å². The maximum absolute atomic E-state index is 2.47. The normalized spacial score (nSPS) is 13.7. The summed E-state index contributed by atoms with van der Waals surface area (Å²) in [6.45, 7) is 0. The van der Waals surface area contributed by atoms with E-state index in [1.807, 2.05) is 0 Å². The van der Waals surface area contributed by atoms with Crippen molar-refractivity contribution in [1.29, 1.82) is 0 Å². The fourth-order valence-corrected chi connectivity index (χ4v) is 12.7. The Hall–Kier alpha value is -8.78. The van der Waals surface area contributed by atoms with Crippen LogP contribution in [0.25, 0.3) is 55.6 Å². The van der Waals surface area contributed by atoms with Gasteiger partial charge >= 0.3 is 0 Å². The number of hydrogen-bond donors (Lipinski definition) is 0. The first-order chi connectivity index (χ1) is 34.3. The second kappa shape index (κ2) is 15.4. The van der Waals surface area contributed by atoms with E-state index in [9.17, 15) is 0 Å². The molecule has 69 heavy (non-hydrogen) atoms. The molecule has 0 aromatic heterocycles. The number of nitrogens with zero attached hydrogens (tertiary/aromatic N) is 1. The minimum absolute atomic E-state index is 0.462. The van der Waals surface area contributed by atoms with Gasteiger partial charge in [-0.15, -0.1) is 0 Å². The van der Waals surface area contributed by atoms with Crippen molar-refractivity contribution in [1.82, 2.24) is 0 Å². The van der Waals surface area contributed by atoms with Gasteiger partial charge < -0.3 is 4.90 Å². The van der Waals surface area contributed by atoms with Crippen molar-refractivity contribution in [3.05, 3.63) is 317 Å². The van der Waals surface area contributed by atoms with Gasteiger partial charge in [-0.1, -0.05) is 237 Å². The van der Waals surface area contributed by atoms with Crippen molar-refractivity contribution in [3.8, 4) is 55.6 Å². The first kappa shape index (κ1) is 39.4. The third-order valence-corrected chi connectivity index (χ3v) is 15.4. The van der Waals surface area contributed by atoms with Gasteiger partial charge in [-0.05, 0) is 131 Å². The number of rotatable bonds is 6. The summed E-state index contributed by atoms with van der Waals surface area (Å²) in [5, 5.41) is 0. The molecule has 0 saturated carbocycles. The number of hydrogen-bond acceptors (Lipinski definition) is 1. The maximum Gasteiger partial charge on any atom is 0.0720 e. The van der Waals surface area contributed by atoms with Crippen LogP contribution in [0, 0.1) is 0 Å². The van der Waals surface area contributed by atoms with Gasteiger partial charge in [0, 0.05) is 16.9 Å². The number of anilines is 3. The second-order valence-corrected chi connectivity index (χ2v) is 18.6. The molecule has 1 heteroatoms. The van der Waals surface area contributed by atoms with Crippen LogP contribution in [0.5, 0.6) is 0 Å². The third-order valence-electron chi connectivity index (χ3n) is 15.4. The highest BCUT2D eigenvalue weighted by Gasteiger charge is 2.58. The van der Waals surface area contributed by atoms with Crippen LogP contribution in [-0.4, -0.2) is 0 Å². The van der Waals surface area contributed by atoms with Crippen LogP contribution in [-0.2, 0) is 10.8 Å². The Labute approximate surface area is 403 Å². The number of fused-ring (bicyclic) bond motifs is 16. The van der Waals surface area contributed by atoms with Crippen molar-refractivity contribution in [3.63, 3.8) is 0 Å². The molecular formula is C68H45N. The minimum atomic E-state index is -0.527. The van der Waals surface area contributed by atoms with Crippen LogP contribution in [0.1, 0.15) is 44.5 Å². The van der Waals surface area contributed by atoms with E-state index in [1.165, 1.54) is 100 Å². The Morgan fingerprint density at radius 2 is 0.580 bits per heavy atom. The van der Waals surface area contributed by atoms with Crippen LogP contribution < -0.4 is 4.90 Å². The highest BCUT2D eigenvalue weighted by molar-refractivity contribution is 5.97. The van der Waals surface area contributed by atoms with Crippen molar-refractivity contribution < 1.29 is 0 Å². The maximum atomic E-state index is 2.47. The van der Waals surface area contributed by atoms with E-state index in [0.717, 1.165) is 17.1 Å². The molecule has 0 bridgehead atoms. The lowest BCUT2D eigenvalue weighted by Crippen LogP contribution is -2.43. The Morgan fingerprint density at radius 3 is 1.14 bits per heavy atom. The molecule has 11 aromatic rings. The van der Waals surface area contributed by atoms with Gasteiger partial charge in [0.1, 0.15) is 0 Å². The van der Waals surface area contributed by atoms with E-state index in [-0.39, 0.29) is 0 Å². The van der Waals surface area contributed by atoms with Gasteiger partial charge in [-0.25, -0.2) is 0 Å². The Morgan fingerprint density at radius 1 is 0.203 bits per heavy atom. The standard InChI is InChI=1S/C68H45N/c1-3-22-46(23-4-1)51-28-7-8-29-52(51)56-33-12-20-41-66(56)69(49-25-5-2-6-26-49)50-27-21-24-47(44-50)48-42-43-61-57(45-48)55-32-11-15-36-60(55)68(61)64-39-18-16-37-62(64)67(63-38-17-19-40-65(63)68)58-34-13-9-30-53(58)54-31-10-14-35-59(54)67/h1-45H. The molecule has 14 rings (SSSR count). The van der Waals surface area contributed by atoms with E-state index in [0.29, 0.717) is 0 Å². The Bertz CT molecular complexity index is 3710. The zero-order valence-electron chi connectivity index (χ0n) is 37.9. The van der Waals surface area contributed by atoms with E-state index in [1.54, 1.807) is 0 Å². The highest BCUT2D eigenvalue weighted by Crippen LogP contribution is 2.67. The summed E-state index contributed by atoms with van der Waals surface area (Å²) >= 11 is 0. The molecule has 1 nitrogen and oxygen atoms in total. The zero-order valence-corrected chi connectivity index (χ0v) is 37.9. The first-order valence-electron chi connectivity index (χ1n) is 24.1. The minimum Gasteiger partial charge on any atom is -0.310 e. The summed E-state index contributed by atoms with van der Waals surface area (Å²) in [6.07, 6.45) is 0. The van der Waals surface area contributed by atoms with Crippen molar-refractivity contribution >= 4 is 17.1 Å². The van der Waals surface area contributed by atoms with Crippen LogP contribution >= 0.6 is 0 Å². The largest absolute Gasteiger partial charge is 0.310 e. The molecule has 0 atom stereocenters. The molecule has 0 saturated heterocycles. The first-order valence-corrected chi connectivity index (χ1v) is 24.1. The number of para-hydroxylation sites is 2. The summed E-state index contributed by atoms with van der Waals surface area (Å²) in [7, 11) is 0. The highest BCUT2D eigenvalue weighted by atomic mass is 15.1. The molecule has 2 spiro atoms. The molecule has 0 amide bonds. The fraction of sp³-hybridized carbons (Fsp3) is 0.0294. The summed E-state index contributed by atoms with van der Waals surface area (Å²) in [5.41, 5.74) is 25.4. The van der Waals surface area contributed by atoms with Gasteiger partial charge in [0.25, 0.3) is 0 Å². The van der Waals surface area contributed by atoms with E-state index in [2.05, 4.69) is 278 Å². The lowest BCUT2D eigenvalue weighted by molar-refractivity contribution is 0.633.